The summed E-state index contributed by atoms with van der Waals surface area (Å²) in [5.74, 6) is 1.49. The molecule has 2 aliphatic carbocycles. The second kappa shape index (κ2) is 7.14. The van der Waals surface area contributed by atoms with Crippen LogP contribution in [-0.2, 0) is 0 Å². The Bertz CT molecular complexity index is 705. The van der Waals surface area contributed by atoms with Gasteiger partial charge < -0.3 is 0 Å². The molecule has 124 valence electrons. The van der Waals surface area contributed by atoms with Crippen LogP contribution in [0.3, 0.4) is 0 Å². The van der Waals surface area contributed by atoms with Crippen molar-refractivity contribution in [2.45, 2.75) is 49.3 Å². The summed E-state index contributed by atoms with van der Waals surface area (Å²) in [6.07, 6.45) is 14.8. The van der Waals surface area contributed by atoms with Crippen molar-refractivity contribution in [1.82, 2.24) is 4.98 Å². The zero-order chi connectivity index (χ0) is 16.4. The molecule has 2 fully saturated rings. The van der Waals surface area contributed by atoms with Gasteiger partial charge in [0.25, 0.3) is 0 Å². The van der Waals surface area contributed by atoms with Gasteiger partial charge in [0.15, 0.2) is 0 Å². The Balaban J connectivity index is 1.68. The maximum Gasteiger partial charge on any atom is 0.0705 e. The van der Waals surface area contributed by atoms with Crippen LogP contribution in [-0.4, -0.2) is 11.2 Å². The number of hydrogen-bond acceptors (Lipinski definition) is 2. The smallest absolute Gasteiger partial charge is 0.0705 e. The van der Waals surface area contributed by atoms with Gasteiger partial charge in [-0.25, -0.2) is 0 Å². The largest absolute Gasteiger partial charge is 0.256 e. The van der Waals surface area contributed by atoms with E-state index in [1.807, 2.05) is 0 Å². The standard InChI is InChI=1S/C22H25NS/c1-24-20-11-8-18(9-12-20)21(14-16-4-2-3-5-16)22-13-10-19(15-23-22)17-6-7-17/h8-17H,2-7H2,1H3/b21-14+. The Morgan fingerprint density at radius 3 is 2.33 bits per heavy atom. The monoisotopic (exact) mass is 335 g/mol. The maximum atomic E-state index is 4.83. The normalized spacial score (nSPS) is 19.0. The molecule has 0 unspecified atom stereocenters. The average molecular weight is 336 g/mol. The van der Waals surface area contributed by atoms with Crippen molar-refractivity contribution in [3.8, 4) is 0 Å². The predicted molar refractivity (Wildman–Crippen MR) is 103 cm³/mol. The number of hydrogen-bond donors (Lipinski definition) is 0. The number of pyridine rings is 1. The molecule has 0 N–H and O–H groups in total. The van der Waals surface area contributed by atoms with Crippen molar-refractivity contribution in [1.29, 1.82) is 0 Å². The third-order valence-electron chi connectivity index (χ3n) is 5.31. The molecule has 0 aliphatic heterocycles. The lowest BCUT2D eigenvalue weighted by Crippen LogP contribution is -1.97. The first-order valence-corrected chi connectivity index (χ1v) is 10.4. The molecule has 2 saturated carbocycles. The molecular weight excluding hydrogens is 310 g/mol. The minimum Gasteiger partial charge on any atom is -0.256 e. The molecule has 0 spiro atoms. The van der Waals surface area contributed by atoms with Crippen LogP contribution < -0.4 is 0 Å². The van der Waals surface area contributed by atoms with E-state index in [0.717, 1.165) is 11.6 Å². The van der Waals surface area contributed by atoms with E-state index >= 15 is 0 Å². The summed E-state index contributed by atoms with van der Waals surface area (Å²) < 4.78 is 0. The van der Waals surface area contributed by atoms with Gasteiger partial charge in [0.1, 0.15) is 0 Å². The zero-order valence-electron chi connectivity index (χ0n) is 14.4. The van der Waals surface area contributed by atoms with Gasteiger partial charge in [-0.1, -0.05) is 37.1 Å². The fourth-order valence-corrected chi connectivity index (χ4v) is 4.09. The minimum atomic E-state index is 0.713. The van der Waals surface area contributed by atoms with Gasteiger partial charge in [0.05, 0.1) is 5.69 Å². The predicted octanol–water partition coefficient (Wildman–Crippen LogP) is 6.30. The molecular formula is C22H25NS. The van der Waals surface area contributed by atoms with Crippen molar-refractivity contribution in [3.05, 3.63) is 65.5 Å². The second-order valence-electron chi connectivity index (χ2n) is 7.10. The highest BCUT2D eigenvalue weighted by atomic mass is 32.2. The first-order chi connectivity index (χ1) is 11.8. The lowest BCUT2D eigenvalue weighted by molar-refractivity contribution is 0.687. The van der Waals surface area contributed by atoms with Crippen molar-refractivity contribution < 1.29 is 0 Å². The van der Waals surface area contributed by atoms with E-state index in [1.54, 1.807) is 11.8 Å². The maximum absolute atomic E-state index is 4.83. The third-order valence-corrected chi connectivity index (χ3v) is 6.06. The zero-order valence-corrected chi connectivity index (χ0v) is 15.2. The topological polar surface area (TPSA) is 12.9 Å². The van der Waals surface area contributed by atoms with Gasteiger partial charge in [0.2, 0.25) is 0 Å². The minimum absolute atomic E-state index is 0.713. The van der Waals surface area contributed by atoms with Crippen LogP contribution in [0.15, 0.2) is 53.6 Å². The molecule has 2 aromatic rings. The average Bonchev–Trinajstić information content (AvgIpc) is 3.37. The van der Waals surface area contributed by atoms with Gasteiger partial charge in [-0.15, -0.1) is 11.8 Å². The number of aromatic nitrogens is 1. The molecule has 2 heteroatoms. The van der Waals surface area contributed by atoms with E-state index in [4.69, 9.17) is 4.98 Å². The molecule has 0 bridgehead atoms. The van der Waals surface area contributed by atoms with E-state index in [1.165, 1.54) is 60.1 Å². The highest BCUT2D eigenvalue weighted by Crippen LogP contribution is 2.40. The number of nitrogens with zero attached hydrogens (tertiary/aromatic N) is 1. The summed E-state index contributed by atoms with van der Waals surface area (Å²) in [6.45, 7) is 0. The molecule has 0 radical (unpaired) electrons. The lowest BCUT2D eigenvalue weighted by Gasteiger charge is -2.12. The quantitative estimate of drug-likeness (QED) is 0.594. The number of benzene rings is 1. The highest BCUT2D eigenvalue weighted by molar-refractivity contribution is 7.98. The van der Waals surface area contributed by atoms with E-state index in [-0.39, 0.29) is 0 Å². The summed E-state index contributed by atoms with van der Waals surface area (Å²) >= 11 is 1.79. The van der Waals surface area contributed by atoms with E-state index in [0.29, 0.717) is 5.92 Å². The molecule has 1 aromatic carbocycles. The van der Waals surface area contributed by atoms with E-state index < -0.39 is 0 Å². The SMILES string of the molecule is CSc1ccc(/C(=C\C2CCCC2)c2ccc(C3CC3)cn2)cc1. The van der Waals surface area contributed by atoms with Gasteiger partial charge in [0, 0.05) is 16.7 Å². The number of rotatable bonds is 5. The van der Waals surface area contributed by atoms with Crippen LogP contribution in [0.2, 0.25) is 0 Å². The lowest BCUT2D eigenvalue weighted by atomic mass is 9.95. The molecule has 1 nitrogen and oxygen atoms in total. The van der Waals surface area contributed by atoms with Crippen molar-refractivity contribution in [2.75, 3.05) is 6.26 Å². The van der Waals surface area contributed by atoms with Crippen LogP contribution in [0.1, 0.15) is 61.3 Å². The Morgan fingerprint density at radius 1 is 1.00 bits per heavy atom. The van der Waals surface area contributed by atoms with Gasteiger partial charge >= 0.3 is 0 Å². The summed E-state index contributed by atoms with van der Waals surface area (Å²) in [5.41, 5.74) is 5.16. The second-order valence-corrected chi connectivity index (χ2v) is 7.98. The van der Waals surface area contributed by atoms with Gasteiger partial charge in [-0.3, -0.25) is 4.98 Å². The van der Waals surface area contributed by atoms with Crippen molar-refractivity contribution >= 4 is 17.3 Å². The first-order valence-electron chi connectivity index (χ1n) is 9.16. The highest BCUT2D eigenvalue weighted by Gasteiger charge is 2.24. The van der Waals surface area contributed by atoms with E-state index in [9.17, 15) is 0 Å². The Kier molecular flexibility index (Phi) is 4.75. The molecule has 24 heavy (non-hydrogen) atoms. The summed E-state index contributed by atoms with van der Waals surface area (Å²) in [7, 11) is 0. The summed E-state index contributed by atoms with van der Waals surface area (Å²) in [5, 5.41) is 0. The molecule has 0 saturated heterocycles. The van der Waals surface area contributed by atoms with Crippen LogP contribution in [0, 0.1) is 5.92 Å². The molecule has 0 amide bonds. The van der Waals surface area contributed by atoms with Crippen molar-refractivity contribution in [3.63, 3.8) is 0 Å². The fraction of sp³-hybridized carbons (Fsp3) is 0.409. The van der Waals surface area contributed by atoms with Crippen LogP contribution >= 0.6 is 11.8 Å². The van der Waals surface area contributed by atoms with Crippen LogP contribution in [0.5, 0.6) is 0 Å². The number of thioether (sulfide) groups is 1. The molecule has 0 atom stereocenters. The number of allylic oxidation sites excluding steroid dienone is 1. The van der Waals surface area contributed by atoms with Gasteiger partial charge in [-0.2, -0.15) is 0 Å². The van der Waals surface area contributed by atoms with Crippen LogP contribution in [0.4, 0.5) is 0 Å². The Labute approximate surface area is 149 Å². The first kappa shape index (κ1) is 16.0. The summed E-state index contributed by atoms with van der Waals surface area (Å²) in [4.78, 5) is 6.14. The molecule has 1 heterocycles. The van der Waals surface area contributed by atoms with E-state index in [2.05, 4.69) is 54.9 Å². The fourth-order valence-electron chi connectivity index (χ4n) is 3.68. The molecule has 1 aromatic heterocycles. The Morgan fingerprint density at radius 2 is 1.75 bits per heavy atom. The molecule has 4 rings (SSSR count). The third kappa shape index (κ3) is 3.59. The van der Waals surface area contributed by atoms with Crippen LogP contribution in [0.25, 0.3) is 5.57 Å². The molecule has 2 aliphatic rings. The van der Waals surface area contributed by atoms with Crippen molar-refractivity contribution in [2.24, 2.45) is 5.92 Å². The Hall–Kier alpha value is -1.54. The van der Waals surface area contributed by atoms with Gasteiger partial charge in [-0.05, 0) is 73.1 Å². The summed E-state index contributed by atoms with van der Waals surface area (Å²) in [6, 6.07) is 13.5.